The molecule has 1 aliphatic heterocycles. The molecule has 0 fully saturated rings. The Hall–Kier alpha value is -3.10. The zero-order valence-electron chi connectivity index (χ0n) is 14.8. The quantitative estimate of drug-likeness (QED) is 0.450. The highest BCUT2D eigenvalue weighted by atomic mass is 19.4. The monoisotopic (exact) mass is 393 g/mol. The van der Waals surface area contributed by atoms with Crippen LogP contribution in [0.1, 0.15) is 29.5 Å². The lowest BCUT2D eigenvalue weighted by atomic mass is 10.1. The summed E-state index contributed by atoms with van der Waals surface area (Å²) in [5, 5.41) is 13.8. The van der Waals surface area contributed by atoms with Crippen LogP contribution in [0.15, 0.2) is 42.5 Å². The first-order valence-corrected chi connectivity index (χ1v) is 8.70. The third-order valence-corrected chi connectivity index (χ3v) is 4.60. The van der Waals surface area contributed by atoms with Crippen molar-refractivity contribution >= 4 is 17.3 Å². The summed E-state index contributed by atoms with van der Waals surface area (Å²) in [5.74, 6) is -0.0279. The topological polar surface area (TPSA) is 75.5 Å². The van der Waals surface area contributed by atoms with Gasteiger partial charge in [-0.15, -0.1) is 0 Å². The van der Waals surface area contributed by atoms with E-state index in [0.717, 1.165) is 23.3 Å². The summed E-state index contributed by atoms with van der Waals surface area (Å²) in [7, 11) is 0. The fraction of sp³-hybridized carbons (Fsp3) is 0.316. The minimum Gasteiger partial charge on any atom is -0.379 e. The van der Waals surface area contributed by atoms with Gasteiger partial charge in [-0.25, -0.2) is 0 Å². The van der Waals surface area contributed by atoms with E-state index >= 15 is 0 Å². The largest absolute Gasteiger partial charge is 0.416 e. The Morgan fingerprint density at radius 2 is 1.79 bits per heavy atom. The molecule has 148 valence electrons. The molecule has 3 rings (SSSR count). The summed E-state index contributed by atoms with van der Waals surface area (Å²) in [6, 6.07) is 10.2. The van der Waals surface area contributed by atoms with Crippen molar-refractivity contribution in [3.05, 3.63) is 69.3 Å². The molecule has 28 heavy (non-hydrogen) atoms. The number of nitrogens with one attached hydrogen (secondary N) is 1. The van der Waals surface area contributed by atoms with E-state index in [1.165, 1.54) is 0 Å². The molecule has 0 aromatic heterocycles. The summed E-state index contributed by atoms with van der Waals surface area (Å²) >= 11 is 0. The standard InChI is InChI=1S/C19H18F3N3O3/c20-19(21,22)15-7-8-16(17(10-15)25(27)28)23-9-3-6-18(26)24-11-13-4-1-2-5-14(13)12-24/h1-2,4-5,7-8,10,23H,3,6,9,11-12H2. The number of nitro benzene ring substituents is 1. The predicted molar refractivity (Wildman–Crippen MR) is 96.5 cm³/mol. The number of anilines is 1. The van der Waals surface area contributed by atoms with Gasteiger partial charge in [0.2, 0.25) is 5.91 Å². The highest BCUT2D eigenvalue weighted by molar-refractivity contribution is 5.77. The van der Waals surface area contributed by atoms with E-state index < -0.39 is 22.4 Å². The molecular formula is C19H18F3N3O3. The number of nitrogens with zero attached hydrogens (tertiary/aromatic N) is 2. The molecular weight excluding hydrogens is 375 g/mol. The highest BCUT2D eigenvalue weighted by Gasteiger charge is 2.33. The fourth-order valence-electron chi connectivity index (χ4n) is 3.14. The average molecular weight is 393 g/mol. The van der Waals surface area contributed by atoms with Crippen LogP contribution in [0.3, 0.4) is 0 Å². The molecule has 0 aliphatic carbocycles. The van der Waals surface area contributed by atoms with Crippen molar-refractivity contribution in [1.82, 2.24) is 4.90 Å². The van der Waals surface area contributed by atoms with E-state index in [4.69, 9.17) is 0 Å². The van der Waals surface area contributed by atoms with Gasteiger partial charge in [-0.2, -0.15) is 13.2 Å². The minimum atomic E-state index is -4.65. The van der Waals surface area contributed by atoms with E-state index in [9.17, 15) is 28.1 Å². The van der Waals surface area contributed by atoms with Gasteiger partial charge in [-0.1, -0.05) is 24.3 Å². The Bertz CT molecular complexity index is 874. The summed E-state index contributed by atoms with van der Waals surface area (Å²) in [5.41, 5.74) is 0.521. The second kappa shape index (κ2) is 7.87. The molecule has 9 heteroatoms. The third kappa shape index (κ3) is 4.41. The van der Waals surface area contributed by atoms with E-state index in [1.54, 1.807) is 4.90 Å². The number of alkyl halides is 3. The fourth-order valence-corrected chi connectivity index (χ4v) is 3.14. The molecule has 0 spiro atoms. The van der Waals surface area contributed by atoms with Gasteiger partial charge in [-0.05, 0) is 29.7 Å². The van der Waals surface area contributed by atoms with E-state index in [-0.39, 0.29) is 24.6 Å². The first kappa shape index (κ1) is 19.7. The Kier molecular flexibility index (Phi) is 5.53. The van der Waals surface area contributed by atoms with E-state index in [0.29, 0.717) is 25.6 Å². The molecule has 2 aromatic rings. The molecule has 0 atom stereocenters. The summed E-state index contributed by atoms with van der Waals surface area (Å²) < 4.78 is 38.2. The minimum absolute atomic E-state index is 0.000901. The Morgan fingerprint density at radius 3 is 2.36 bits per heavy atom. The maximum absolute atomic E-state index is 12.7. The maximum atomic E-state index is 12.7. The Morgan fingerprint density at radius 1 is 1.14 bits per heavy atom. The van der Waals surface area contributed by atoms with Crippen molar-refractivity contribution in [3.8, 4) is 0 Å². The van der Waals surface area contributed by atoms with Crippen LogP contribution in [0.25, 0.3) is 0 Å². The molecule has 0 unspecified atom stereocenters. The summed E-state index contributed by atoms with van der Waals surface area (Å²) in [6.45, 7) is 1.36. The van der Waals surface area contributed by atoms with Crippen molar-refractivity contribution in [1.29, 1.82) is 0 Å². The van der Waals surface area contributed by atoms with Crippen molar-refractivity contribution in [2.45, 2.75) is 32.1 Å². The van der Waals surface area contributed by atoms with Crippen molar-refractivity contribution in [3.63, 3.8) is 0 Å². The maximum Gasteiger partial charge on any atom is 0.416 e. The Balaban J connectivity index is 1.53. The van der Waals surface area contributed by atoms with Crippen molar-refractivity contribution in [2.24, 2.45) is 0 Å². The first-order valence-electron chi connectivity index (χ1n) is 8.70. The average Bonchev–Trinajstić information content (AvgIpc) is 3.08. The number of carbonyl (C=O) groups is 1. The molecule has 1 N–H and O–H groups in total. The van der Waals surface area contributed by atoms with Crippen molar-refractivity contribution < 1.29 is 22.9 Å². The van der Waals surface area contributed by atoms with Gasteiger partial charge in [0, 0.05) is 32.1 Å². The summed E-state index contributed by atoms with van der Waals surface area (Å²) in [4.78, 5) is 24.3. The molecule has 0 saturated heterocycles. The summed E-state index contributed by atoms with van der Waals surface area (Å²) in [6.07, 6.45) is -4.00. The lowest BCUT2D eigenvalue weighted by Crippen LogP contribution is -2.25. The lowest BCUT2D eigenvalue weighted by molar-refractivity contribution is -0.384. The van der Waals surface area contributed by atoms with Crippen LogP contribution in [0, 0.1) is 10.1 Å². The number of amides is 1. The number of benzene rings is 2. The van der Waals surface area contributed by atoms with Crippen LogP contribution >= 0.6 is 0 Å². The Labute approximate surface area is 159 Å². The second-order valence-electron chi connectivity index (χ2n) is 6.54. The molecule has 0 bridgehead atoms. The number of hydrogen-bond donors (Lipinski definition) is 1. The van der Waals surface area contributed by atoms with Crippen LogP contribution in [0.4, 0.5) is 24.5 Å². The van der Waals surface area contributed by atoms with Gasteiger partial charge >= 0.3 is 6.18 Å². The zero-order valence-corrected chi connectivity index (χ0v) is 14.8. The molecule has 0 radical (unpaired) electrons. The van der Waals surface area contributed by atoms with E-state index in [1.807, 2.05) is 24.3 Å². The van der Waals surface area contributed by atoms with Crippen LogP contribution < -0.4 is 5.32 Å². The zero-order chi connectivity index (χ0) is 20.3. The van der Waals surface area contributed by atoms with Gasteiger partial charge in [0.05, 0.1) is 10.5 Å². The lowest BCUT2D eigenvalue weighted by Gasteiger charge is -2.15. The van der Waals surface area contributed by atoms with Crippen molar-refractivity contribution in [2.75, 3.05) is 11.9 Å². The van der Waals surface area contributed by atoms with Crippen LogP contribution in [0.2, 0.25) is 0 Å². The van der Waals surface area contributed by atoms with Gasteiger partial charge in [0.15, 0.2) is 0 Å². The van der Waals surface area contributed by atoms with Gasteiger partial charge in [0.25, 0.3) is 5.69 Å². The second-order valence-corrected chi connectivity index (χ2v) is 6.54. The third-order valence-electron chi connectivity index (χ3n) is 4.60. The molecule has 1 heterocycles. The van der Waals surface area contributed by atoms with E-state index in [2.05, 4.69) is 5.32 Å². The molecule has 1 aliphatic rings. The number of halogens is 3. The number of rotatable bonds is 6. The number of nitro groups is 1. The number of fused-ring (bicyclic) bond motifs is 1. The highest BCUT2D eigenvalue weighted by Crippen LogP contribution is 2.35. The van der Waals surface area contributed by atoms with Gasteiger partial charge < -0.3 is 10.2 Å². The predicted octanol–water partition coefficient (Wildman–Crippen LogP) is 4.35. The van der Waals surface area contributed by atoms with Crippen LogP contribution in [0.5, 0.6) is 0 Å². The smallest absolute Gasteiger partial charge is 0.379 e. The number of hydrogen-bond acceptors (Lipinski definition) is 4. The normalized spacial score (nSPS) is 13.3. The molecule has 0 saturated carbocycles. The van der Waals surface area contributed by atoms with Crippen LogP contribution in [-0.2, 0) is 24.1 Å². The molecule has 6 nitrogen and oxygen atoms in total. The van der Waals surface area contributed by atoms with Gasteiger partial charge in [0.1, 0.15) is 5.69 Å². The first-order chi connectivity index (χ1) is 13.3. The molecule has 2 aromatic carbocycles. The van der Waals surface area contributed by atoms with Crippen LogP contribution in [-0.4, -0.2) is 22.3 Å². The van der Waals surface area contributed by atoms with Gasteiger partial charge in [-0.3, -0.25) is 14.9 Å². The number of carbonyl (C=O) groups excluding carboxylic acids is 1. The molecule has 1 amide bonds. The SMILES string of the molecule is O=C(CCCNc1ccc(C(F)(F)F)cc1[N+](=O)[O-])N1Cc2ccccc2C1.